The molecule has 0 fully saturated rings. The van der Waals surface area contributed by atoms with Crippen LogP contribution < -0.4 is 10.6 Å². The fraction of sp³-hybridized carbons (Fsp3) is 0. The van der Waals surface area contributed by atoms with Gasteiger partial charge in [0.2, 0.25) is 11.8 Å². The molecule has 202 valence electrons. The molecule has 42 heavy (non-hydrogen) atoms. The van der Waals surface area contributed by atoms with Crippen molar-refractivity contribution >= 4 is 56.9 Å². The topological polar surface area (TPSA) is 58.2 Å². The van der Waals surface area contributed by atoms with E-state index in [-0.39, 0.29) is 11.8 Å². The summed E-state index contributed by atoms with van der Waals surface area (Å²) < 4.78 is 0. The molecule has 0 saturated carbocycles. The van der Waals surface area contributed by atoms with Gasteiger partial charge in [0, 0.05) is 23.5 Å². The van der Waals surface area contributed by atoms with Crippen molar-refractivity contribution in [2.45, 2.75) is 0 Å². The van der Waals surface area contributed by atoms with Gasteiger partial charge in [-0.15, -0.1) is 0 Å². The molecule has 0 aromatic heterocycles. The van der Waals surface area contributed by atoms with Crippen molar-refractivity contribution in [1.29, 1.82) is 0 Å². The van der Waals surface area contributed by atoms with E-state index in [2.05, 4.69) is 47.0 Å². The van der Waals surface area contributed by atoms with E-state index in [4.69, 9.17) is 0 Å². The summed E-state index contributed by atoms with van der Waals surface area (Å²) in [6, 6.07) is 43.7. The van der Waals surface area contributed by atoms with Crippen LogP contribution in [0.3, 0.4) is 0 Å². The summed E-state index contributed by atoms with van der Waals surface area (Å²) in [7, 11) is 0. The van der Waals surface area contributed by atoms with Gasteiger partial charge in [-0.1, -0.05) is 109 Å². The first kappa shape index (κ1) is 26.5. The molecular formula is C38H28N2O2. The summed E-state index contributed by atoms with van der Waals surface area (Å²) in [6.07, 6.45) is 6.79. The lowest BCUT2D eigenvalue weighted by Crippen LogP contribution is -2.07. The third-order valence-electron chi connectivity index (χ3n) is 7.11. The van der Waals surface area contributed by atoms with E-state index in [0.29, 0.717) is 11.4 Å². The molecule has 0 aliphatic carbocycles. The minimum absolute atomic E-state index is 0.190. The number of rotatable bonds is 7. The van der Waals surface area contributed by atoms with Crippen LogP contribution in [0.25, 0.3) is 44.8 Å². The van der Waals surface area contributed by atoms with Crippen LogP contribution in [0.4, 0.5) is 11.4 Å². The maximum absolute atomic E-state index is 12.6. The van der Waals surface area contributed by atoms with Crippen LogP contribution >= 0.6 is 0 Å². The number of carbonyl (C=O) groups is 2. The molecule has 0 aliphatic heterocycles. The van der Waals surface area contributed by atoms with E-state index < -0.39 is 0 Å². The van der Waals surface area contributed by atoms with E-state index in [1.165, 1.54) is 0 Å². The Labute approximate surface area is 244 Å². The molecule has 0 atom stereocenters. The Hall–Kier alpha value is -5.74. The van der Waals surface area contributed by atoms with Gasteiger partial charge in [0.15, 0.2) is 0 Å². The summed E-state index contributed by atoms with van der Waals surface area (Å²) in [5, 5.41) is 10.3. The quantitative estimate of drug-likeness (QED) is 0.197. The minimum Gasteiger partial charge on any atom is -0.323 e. The van der Waals surface area contributed by atoms with Gasteiger partial charge in [-0.3, -0.25) is 9.59 Å². The summed E-state index contributed by atoms with van der Waals surface area (Å²) in [5.41, 5.74) is 5.44. The van der Waals surface area contributed by atoms with Gasteiger partial charge in [-0.25, -0.2) is 0 Å². The summed E-state index contributed by atoms with van der Waals surface area (Å²) in [6.45, 7) is 0. The molecule has 0 spiro atoms. The second kappa shape index (κ2) is 12.2. The zero-order valence-corrected chi connectivity index (χ0v) is 22.8. The molecule has 0 bridgehead atoms. The second-order valence-corrected chi connectivity index (χ2v) is 9.94. The Balaban J connectivity index is 1.05. The van der Waals surface area contributed by atoms with Crippen LogP contribution in [0.15, 0.2) is 146 Å². The average Bonchev–Trinajstić information content (AvgIpc) is 3.03. The predicted octanol–water partition coefficient (Wildman–Crippen LogP) is 8.96. The van der Waals surface area contributed by atoms with Crippen LogP contribution in [0, 0.1) is 0 Å². The van der Waals surface area contributed by atoms with Gasteiger partial charge in [0.25, 0.3) is 0 Å². The summed E-state index contributed by atoms with van der Waals surface area (Å²) in [5.74, 6) is -0.379. The van der Waals surface area contributed by atoms with Gasteiger partial charge in [-0.2, -0.15) is 0 Å². The highest BCUT2D eigenvalue weighted by atomic mass is 16.2. The molecular weight excluding hydrogens is 516 g/mol. The Kier molecular flexibility index (Phi) is 7.69. The van der Waals surface area contributed by atoms with Gasteiger partial charge >= 0.3 is 0 Å². The molecule has 6 rings (SSSR count). The van der Waals surface area contributed by atoms with E-state index in [9.17, 15) is 9.59 Å². The van der Waals surface area contributed by atoms with E-state index >= 15 is 0 Å². The fourth-order valence-corrected chi connectivity index (χ4v) is 4.98. The lowest BCUT2D eigenvalue weighted by atomic mass is 10.0. The van der Waals surface area contributed by atoms with Crippen molar-refractivity contribution in [3.8, 4) is 11.1 Å². The SMILES string of the molecule is O=C(C=Cc1cccc2ccccc12)Nc1ccc(-c2ccc(NC(=O)C=Cc3cccc4ccccc34)cc2)cc1. The number of anilines is 2. The van der Waals surface area contributed by atoms with Gasteiger partial charge < -0.3 is 10.6 Å². The van der Waals surface area contributed by atoms with E-state index in [1.807, 2.05) is 109 Å². The summed E-state index contributed by atoms with van der Waals surface area (Å²) in [4.78, 5) is 25.1. The third kappa shape index (κ3) is 6.19. The van der Waals surface area contributed by atoms with Crippen LogP contribution in [-0.2, 0) is 9.59 Å². The van der Waals surface area contributed by atoms with Crippen molar-refractivity contribution in [2.24, 2.45) is 0 Å². The molecule has 2 N–H and O–H groups in total. The van der Waals surface area contributed by atoms with Crippen LogP contribution in [0.5, 0.6) is 0 Å². The number of nitrogens with one attached hydrogen (secondary N) is 2. The predicted molar refractivity (Wildman–Crippen MR) is 175 cm³/mol. The molecule has 6 aromatic rings. The molecule has 4 heteroatoms. The smallest absolute Gasteiger partial charge is 0.248 e. The van der Waals surface area contributed by atoms with Crippen molar-refractivity contribution in [3.05, 3.63) is 157 Å². The second-order valence-electron chi connectivity index (χ2n) is 9.94. The Morgan fingerprint density at radius 2 is 0.810 bits per heavy atom. The number of hydrogen-bond donors (Lipinski definition) is 2. The van der Waals surface area contributed by atoms with Gasteiger partial charge in [-0.05, 0) is 80.2 Å². The van der Waals surface area contributed by atoms with Crippen molar-refractivity contribution in [1.82, 2.24) is 0 Å². The van der Waals surface area contributed by atoms with Crippen molar-refractivity contribution in [2.75, 3.05) is 10.6 Å². The monoisotopic (exact) mass is 544 g/mol. The van der Waals surface area contributed by atoms with E-state index in [1.54, 1.807) is 12.2 Å². The van der Waals surface area contributed by atoms with Crippen LogP contribution in [-0.4, -0.2) is 11.8 Å². The number of carbonyl (C=O) groups excluding carboxylic acids is 2. The average molecular weight is 545 g/mol. The standard InChI is InChI=1S/C38H28N2O2/c41-37(25-19-31-11-5-9-29-7-1-3-13-35(29)31)39-33-21-15-27(16-22-33)28-17-23-34(24-18-28)40-38(42)26-20-32-12-6-10-30-8-2-4-14-36(30)32/h1-26H,(H,39,41)(H,40,42). The highest BCUT2D eigenvalue weighted by Gasteiger charge is 2.04. The Morgan fingerprint density at radius 1 is 0.429 bits per heavy atom. The highest BCUT2D eigenvalue weighted by Crippen LogP contribution is 2.24. The Morgan fingerprint density at radius 3 is 1.24 bits per heavy atom. The molecule has 0 radical (unpaired) electrons. The first-order chi connectivity index (χ1) is 20.6. The molecule has 0 heterocycles. The van der Waals surface area contributed by atoms with E-state index in [0.717, 1.165) is 43.8 Å². The summed E-state index contributed by atoms with van der Waals surface area (Å²) >= 11 is 0. The number of hydrogen-bond acceptors (Lipinski definition) is 2. The first-order valence-electron chi connectivity index (χ1n) is 13.8. The highest BCUT2D eigenvalue weighted by molar-refractivity contribution is 6.04. The minimum atomic E-state index is -0.190. The van der Waals surface area contributed by atoms with Crippen LogP contribution in [0.2, 0.25) is 0 Å². The molecule has 4 nitrogen and oxygen atoms in total. The molecule has 6 aromatic carbocycles. The number of fused-ring (bicyclic) bond motifs is 2. The number of amides is 2. The molecule has 0 saturated heterocycles. The molecule has 2 amide bonds. The lowest BCUT2D eigenvalue weighted by molar-refractivity contribution is -0.112. The zero-order valence-electron chi connectivity index (χ0n) is 22.8. The third-order valence-corrected chi connectivity index (χ3v) is 7.11. The molecule has 0 aliphatic rings. The maximum atomic E-state index is 12.6. The number of benzene rings is 6. The zero-order chi connectivity index (χ0) is 28.7. The van der Waals surface area contributed by atoms with Gasteiger partial charge in [0.1, 0.15) is 0 Å². The van der Waals surface area contributed by atoms with Crippen molar-refractivity contribution in [3.63, 3.8) is 0 Å². The van der Waals surface area contributed by atoms with Crippen molar-refractivity contribution < 1.29 is 9.59 Å². The van der Waals surface area contributed by atoms with Crippen LogP contribution in [0.1, 0.15) is 11.1 Å². The normalized spacial score (nSPS) is 11.3. The fourth-order valence-electron chi connectivity index (χ4n) is 4.98. The lowest BCUT2D eigenvalue weighted by Gasteiger charge is -2.07. The maximum Gasteiger partial charge on any atom is 0.248 e. The molecule has 0 unspecified atom stereocenters. The van der Waals surface area contributed by atoms with Gasteiger partial charge in [0.05, 0.1) is 0 Å². The largest absolute Gasteiger partial charge is 0.323 e. The first-order valence-corrected chi connectivity index (χ1v) is 13.8. The Bertz CT molecular complexity index is 1800.